The van der Waals surface area contributed by atoms with Crippen LogP contribution in [0.1, 0.15) is 27.3 Å². The summed E-state index contributed by atoms with van der Waals surface area (Å²) >= 11 is 0. The largest absolute Gasteiger partial charge is 0.398 e. The number of anilines is 2. The third-order valence-electron chi connectivity index (χ3n) is 2.93. The van der Waals surface area contributed by atoms with Gasteiger partial charge in [-0.3, -0.25) is 9.78 Å². The summed E-state index contributed by atoms with van der Waals surface area (Å²) in [6.45, 7) is 5.70. The fourth-order valence-electron chi connectivity index (χ4n) is 1.88. The third kappa shape index (κ3) is 2.91. The molecular formula is C15H17N3O. The van der Waals surface area contributed by atoms with E-state index in [2.05, 4.69) is 10.3 Å². The number of carbonyl (C=O) groups is 1. The standard InChI is InChI=1S/C15H17N3O/c1-9-4-6-13(16)12(8-9)15(19)18-14-7-5-10(2)17-11(14)3/h4-8H,16H2,1-3H3,(H,18,19). The van der Waals surface area contributed by atoms with Crippen molar-refractivity contribution in [3.8, 4) is 0 Å². The zero-order valence-electron chi connectivity index (χ0n) is 11.3. The average Bonchev–Trinajstić information content (AvgIpc) is 2.35. The molecule has 19 heavy (non-hydrogen) atoms. The van der Waals surface area contributed by atoms with Gasteiger partial charge >= 0.3 is 0 Å². The SMILES string of the molecule is Cc1ccc(N)c(C(=O)Nc2ccc(C)nc2C)c1. The quantitative estimate of drug-likeness (QED) is 0.811. The van der Waals surface area contributed by atoms with Crippen LogP contribution in [0, 0.1) is 20.8 Å². The number of hydrogen-bond donors (Lipinski definition) is 2. The zero-order chi connectivity index (χ0) is 14.0. The minimum Gasteiger partial charge on any atom is -0.398 e. The maximum Gasteiger partial charge on any atom is 0.257 e. The fourth-order valence-corrected chi connectivity index (χ4v) is 1.88. The van der Waals surface area contributed by atoms with Crippen LogP contribution in [-0.4, -0.2) is 10.9 Å². The first-order valence-electron chi connectivity index (χ1n) is 6.09. The average molecular weight is 255 g/mol. The summed E-state index contributed by atoms with van der Waals surface area (Å²) in [5.41, 5.74) is 10.2. The van der Waals surface area contributed by atoms with Crippen LogP contribution in [0.15, 0.2) is 30.3 Å². The molecular weight excluding hydrogens is 238 g/mol. The Labute approximate surface area is 112 Å². The molecule has 0 spiro atoms. The molecule has 4 heteroatoms. The molecule has 0 unspecified atom stereocenters. The van der Waals surface area contributed by atoms with E-state index in [-0.39, 0.29) is 5.91 Å². The lowest BCUT2D eigenvalue weighted by molar-refractivity contribution is 0.102. The van der Waals surface area contributed by atoms with Crippen LogP contribution in [0.5, 0.6) is 0 Å². The van der Waals surface area contributed by atoms with Crippen molar-refractivity contribution in [3.63, 3.8) is 0 Å². The van der Waals surface area contributed by atoms with Crippen LogP contribution in [0.3, 0.4) is 0 Å². The van der Waals surface area contributed by atoms with Gasteiger partial charge in [0.15, 0.2) is 0 Å². The van der Waals surface area contributed by atoms with Crippen molar-refractivity contribution in [2.24, 2.45) is 0 Å². The van der Waals surface area contributed by atoms with Gasteiger partial charge in [0.1, 0.15) is 0 Å². The van der Waals surface area contributed by atoms with E-state index >= 15 is 0 Å². The molecule has 1 amide bonds. The predicted octanol–water partition coefficient (Wildman–Crippen LogP) is 2.84. The molecule has 98 valence electrons. The molecule has 2 rings (SSSR count). The first-order chi connectivity index (χ1) is 8.97. The minimum atomic E-state index is -0.213. The number of rotatable bonds is 2. The Morgan fingerprint density at radius 2 is 1.89 bits per heavy atom. The number of nitrogens with one attached hydrogen (secondary N) is 1. The van der Waals surface area contributed by atoms with Crippen LogP contribution < -0.4 is 11.1 Å². The molecule has 1 aromatic heterocycles. The summed E-state index contributed by atoms with van der Waals surface area (Å²) in [5.74, 6) is -0.213. The van der Waals surface area contributed by atoms with Gasteiger partial charge in [0, 0.05) is 11.4 Å². The number of hydrogen-bond acceptors (Lipinski definition) is 3. The molecule has 0 aliphatic carbocycles. The number of nitrogens with two attached hydrogens (primary N) is 1. The Bertz CT molecular complexity index is 635. The molecule has 0 aliphatic heterocycles. The van der Waals surface area contributed by atoms with Crippen LogP contribution in [0.25, 0.3) is 0 Å². The summed E-state index contributed by atoms with van der Waals surface area (Å²) in [7, 11) is 0. The molecule has 0 aliphatic rings. The molecule has 1 aromatic carbocycles. The van der Waals surface area contributed by atoms with Gasteiger partial charge in [-0.05, 0) is 45.0 Å². The van der Waals surface area contributed by atoms with Crippen molar-refractivity contribution in [3.05, 3.63) is 52.8 Å². The van der Waals surface area contributed by atoms with Crippen molar-refractivity contribution in [1.82, 2.24) is 4.98 Å². The molecule has 4 nitrogen and oxygen atoms in total. The lowest BCUT2D eigenvalue weighted by atomic mass is 10.1. The third-order valence-corrected chi connectivity index (χ3v) is 2.93. The van der Waals surface area contributed by atoms with Crippen molar-refractivity contribution in [2.75, 3.05) is 11.1 Å². The van der Waals surface area contributed by atoms with E-state index in [1.165, 1.54) is 0 Å². The van der Waals surface area contributed by atoms with Gasteiger partial charge in [-0.25, -0.2) is 0 Å². The molecule has 0 atom stereocenters. The number of aryl methyl sites for hydroxylation is 3. The molecule has 0 saturated heterocycles. The van der Waals surface area contributed by atoms with E-state index in [4.69, 9.17) is 5.73 Å². The predicted molar refractivity (Wildman–Crippen MR) is 77.3 cm³/mol. The maximum absolute atomic E-state index is 12.2. The minimum absolute atomic E-state index is 0.213. The highest BCUT2D eigenvalue weighted by Gasteiger charge is 2.11. The topological polar surface area (TPSA) is 68.0 Å². The first-order valence-corrected chi connectivity index (χ1v) is 6.09. The van der Waals surface area contributed by atoms with Gasteiger partial charge in [-0.2, -0.15) is 0 Å². The van der Waals surface area contributed by atoms with Gasteiger partial charge in [0.05, 0.1) is 16.9 Å². The summed E-state index contributed by atoms with van der Waals surface area (Å²) in [4.78, 5) is 16.5. The summed E-state index contributed by atoms with van der Waals surface area (Å²) in [5, 5.41) is 2.84. The number of nitrogens with zero attached hydrogens (tertiary/aromatic N) is 1. The summed E-state index contributed by atoms with van der Waals surface area (Å²) in [6.07, 6.45) is 0. The lowest BCUT2D eigenvalue weighted by Gasteiger charge is -2.10. The van der Waals surface area contributed by atoms with E-state index in [1.54, 1.807) is 12.1 Å². The maximum atomic E-state index is 12.2. The molecule has 0 bridgehead atoms. The van der Waals surface area contributed by atoms with Gasteiger partial charge in [-0.15, -0.1) is 0 Å². The fraction of sp³-hybridized carbons (Fsp3) is 0.200. The van der Waals surface area contributed by atoms with Crippen LogP contribution in [0.2, 0.25) is 0 Å². The number of pyridine rings is 1. The van der Waals surface area contributed by atoms with Crippen LogP contribution in [0.4, 0.5) is 11.4 Å². The highest BCUT2D eigenvalue weighted by Crippen LogP contribution is 2.18. The normalized spacial score (nSPS) is 10.3. The van der Waals surface area contributed by atoms with E-state index in [9.17, 15) is 4.79 Å². The zero-order valence-corrected chi connectivity index (χ0v) is 11.3. The Morgan fingerprint density at radius 3 is 2.58 bits per heavy atom. The second-order valence-corrected chi connectivity index (χ2v) is 4.63. The first kappa shape index (κ1) is 13.1. The van der Waals surface area contributed by atoms with Crippen molar-refractivity contribution < 1.29 is 4.79 Å². The second kappa shape index (κ2) is 5.10. The molecule has 0 fully saturated rings. The van der Waals surface area contributed by atoms with Crippen LogP contribution >= 0.6 is 0 Å². The van der Waals surface area contributed by atoms with Crippen molar-refractivity contribution in [1.29, 1.82) is 0 Å². The summed E-state index contributed by atoms with van der Waals surface area (Å²) < 4.78 is 0. The second-order valence-electron chi connectivity index (χ2n) is 4.63. The van der Waals surface area contributed by atoms with E-state index in [1.807, 2.05) is 39.0 Å². The smallest absolute Gasteiger partial charge is 0.257 e. The molecule has 3 N–H and O–H groups in total. The Balaban J connectivity index is 2.28. The number of carbonyl (C=O) groups excluding carboxylic acids is 1. The monoisotopic (exact) mass is 255 g/mol. The molecule has 0 saturated carbocycles. The Kier molecular flexibility index (Phi) is 3.51. The van der Waals surface area contributed by atoms with Gasteiger partial charge < -0.3 is 11.1 Å². The van der Waals surface area contributed by atoms with Gasteiger partial charge in [-0.1, -0.05) is 11.6 Å². The van der Waals surface area contributed by atoms with E-state index in [0.717, 1.165) is 17.0 Å². The highest BCUT2D eigenvalue weighted by molar-refractivity contribution is 6.08. The number of aromatic nitrogens is 1. The molecule has 2 aromatic rings. The van der Waals surface area contributed by atoms with E-state index < -0.39 is 0 Å². The van der Waals surface area contributed by atoms with Crippen LogP contribution in [-0.2, 0) is 0 Å². The molecule has 0 radical (unpaired) electrons. The Morgan fingerprint density at radius 1 is 1.16 bits per heavy atom. The number of benzene rings is 1. The van der Waals surface area contributed by atoms with Crippen molar-refractivity contribution >= 4 is 17.3 Å². The molecule has 1 heterocycles. The summed E-state index contributed by atoms with van der Waals surface area (Å²) in [6, 6.07) is 9.11. The lowest BCUT2D eigenvalue weighted by Crippen LogP contribution is -2.15. The van der Waals surface area contributed by atoms with Gasteiger partial charge in [0.2, 0.25) is 0 Å². The van der Waals surface area contributed by atoms with E-state index in [0.29, 0.717) is 16.9 Å². The van der Waals surface area contributed by atoms with Crippen molar-refractivity contribution in [2.45, 2.75) is 20.8 Å². The Hall–Kier alpha value is -2.36. The highest BCUT2D eigenvalue weighted by atomic mass is 16.1. The van der Waals surface area contributed by atoms with Gasteiger partial charge in [0.25, 0.3) is 5.91 Å². The number of amides is 1. The number of nitrogen functional groups attached to an aromatic ring is 1.